The highest BCUT2D eigenvalue weighted by Crippen LogP contribution is 2.24. The van der Waals surface area contributed by atoms with E-state index in [1.165, 1.54) is 5.56 Å². The molecule has 0 saturated carbocycles. The summed E-state index contributed by atoms with van der Waals surface area (Å²) in [5.41, 5.74) is 2.01. The molecule has 1 aromatic carbocycles. The first-order valence-electron chi connectivity index (χ1n) is 6.57. The van der Waals surface area contributed by atoms with Crippen LogP contribution in [-0.2, 0) is 5.33 Å². The molecule has 3 heteroatoms. The van der Waals surface area contributed by atoms with Crippen molar-refractivity contribution in [2.24, 2.45) is 5.92 Å². The van der Waals surface area contributed by atoms with Crippen LogP contribution >= 0.6 is 15.9 Å². The zero-order valence-electron chi connectivity index (χ0n) is 11.0. The molecule has 2 nitrogen and oxygen atoms in total. The van der Waals surface area contributed by atoms with Gasteiger partial charge in [0.25, 0.3) is 5.91 Å². The molecule has 1 aliphatic heterocycles. The van der Waals surface area contributed by atoms with E-state index in [2.05, 4.69) is 29.8 Å². The van der Waals surface area contributed by atoms with E-state index in [1.807, 2.05) is 29.2 Å². The van der Waals surface area contributed by atoms with Crippen molar-refractivity contribution in [1.29, 1.82) is 0 Å². The van der Waals surface area contributed by atoms with Crippen LogP contribution in [0, 0.1) is 5.92 Å². The van der Waals surface area contributed by atoms with Gasteiger partial charge in [0.1, 0.15) is 0 Å². The van der Waals surface area contributed by atoms with Gasteiger partial charge in [-0.05, 0) is 43.4 Å². The van der Waals surface area contributed by atoms with E-state index < -0.39 is 0 Å². The second-order valence-corrected chi connectivity index (χ2v) is 5.87. The maximum Gasteiger partial charge on any atom is 0.254 e. The van der Waals surface area contributed by atoms with Gasteiger partial charge in [0.05, 0.1) is 0 Å². The molecule has 0 bridgehead atoms. The molecule has 1 heterocycles. The maximum atomic E-state index is 12.4. The van der Waals surface area contributed by atoms with Crippen molar-refractivity contribution in [3.8, 4) is 0 Å². The Morgan fingerprint density at radius 1 is 1.33 bits per heavy atom. The van der Waals surface area contributed by atoms with Gasteiger partial charge in [-0.25, -0.2) is 0 Å². The molecule has 0 aromatic heterocycles. The molecule has 1 aromatic rings. The minimum absolute atomic E-state index is 0.176. The molecule has 1 fully saturated rings. The van der Waals surface area contributed by atoms with Crippen LogP contribution in [-0.4, -0.2) is 23.4 Å². The lowest BCUT2D eigenvalue weighted by Crippen LogP contribution is -2.44. The topological polar surface area (TPSA) is 20.3 Å². The van der Waals surface area contributed by atoms with Crippen LogP contribution in [0.3, 0.4) is 0 Å². The van der Waals surface area contributed by atoms with Crippen LogP contribution in [0.1, 0.15) is 42.6 Å². The predicted octanol–water partition coefficient (Wildman–Crippen LogP) is 3.84. The molecule has 98 valence electrons. The molecular weight excluding hydrogens is 290 g/mol. The summed E-state index contributed by atoms with van der Waals surface area (Å²) in [6.45, 7) is 5.31. The molecule has 0 N–H and O–H groups in total. The summed E-state index contributed by atoms with van der Waals surface area (Å²) in [4.78, 5) is 14.4. The molecule has 0 aliphatic carbocycles. The lowest BCUT2D eigenvalue weighted by molar-refractivity contribution is 0.0588. The first kappa shape index (κ1) is 13.6. The van der Waals surface area contributed by atoms with Gasteiger partial charge < -0.3 is 4.90 Å². The van der Waals surface area contributed by atoms with Crippen molar-refractivity contribution in [2.45, 2.75) is 38.1 Å². The SMILES string of the molecule is CC1CCN(C(=O)c2ccc(CBr)cc2)C(C)C1. The number of nitrogens with zero attached hydrogens (tertiary/aromatic N) is 1. The molecule has 18 heavy (non-hydrogen) atoms. The first-order chi connectivity index (χ1) is 8.61. The fourth-order valence-corrected chi connectivity index (χ4v) is 2.99. The van der Waals surface area contributed by atoms with E-state index >= 15 is 0 Å². The molecular formula is C15H20BrNO. The van der Waals surface area contributed by atoms with Crippen molar-refractivity contribution in [2.75, 3.05) is 6.54 Å². The summed E-state index contributed by atoms with van der Waals surface area (Å²) in [7, 11) is 0. The van der Waals surface area contributed by atoms with Crippen LogP contribution < -0.4 is 0 Å². The van der Waals surface area contributed by atoms with Gasteiger partial charge in [-0.2, -0.15) is 0 Å². The summed E-state index contributed by atoms with van der Waals surface area (Å²) >= 11 is 3.42. The van der Waals surface area contributed by atoms with Gasteiger partial charge in [0, 0.05) is 23.5 Å². The van der Waals surface area contributed by atoms with E-state index in [0.717, 1.165) is 36.2 Å². The number of carbonyl (C=O) groups excluding carboxylic acids is 1. The van der Waals surface area contributed by atoms with Crippen LogP contribution in [0.4, 0.5) is 0 Å². The highest BCUT2D eigenvalue weighted by atomic mass is 79.9. The van der Waals surface area contributed by atoms with Gasteiger partial charge in [-0.3, -0.25) is 4.79 Å². The van der Waals surface area contributed by atoms with Gasteiger partial charge in [-0.1, -0.05) is 35.0 Å². The van der Waals surface area contributed by atoms with E-state index in [4.69, 9.17) is 0 Å². The Labute approximate surface area is 117 Å². The van der Waals surface area contributed by atoms with Crippen molar-refractivity contribution in [3.05, 3.63) is 35.4 Å². The number of hydrogen-bond acceptors (Lipinski definition) is 1. The van der Waals surface area contributed by atoms with Crippen LogP contribution in [0.15, 0.2) is 24.3 Å². The number of piperidine rings is 1. The maximum absolute atomic E-state index is 12.4. The normalized spacial score (nSPS) is 24.1. The summed E-state index contributed by atoms with van der Waals surface area (Å²) in [6, 6.07) is 8.25. The first-order valence-corrected chi connectivity index (χ1v) is 7.70. The summed E-state index contributed by atoms with van der Waals surface area (Å²) in [5.74, 6) is 0.912. The fourth-order valence-electron chi connectivity index (χ4n) is 2.61. The molecule has 1 aliphatic rings. The second-order valence-electron chi connectivity index (χ2n) is 5.31. The second kappa shape index (κ2) is 5.87. The Bertz CT molecular complexity index is 415. The standard InChI is InChI=1S/C15H20BrNO/c1-11-7-8-17(12(2)9-11)15(18)14-5-3-13(10-16)4-6-14/h3-6,11-12H,7-10H2,1-2H3. The van der Waals surface area contributed by atoms with Gasteiger partial charge in [-0.15, -0.1) is 0 Å². The molecule has 0 spiro atoms. The molecule has 1 saturated heterocycles. The summed E-state index contributed by atoms with van der Waals surface area (Å²) in [5, 5.41) is 0.832. The summed E-state index contributed by atoms with van der Waals surface area (Å²) < 4.78 is 0. The lowest BCUT2D eigenvalue weighted by Gasteiger charge is -2.36. The number of rotatable bonds is 2. The largest absolute Gasteiger partial charge is 0.336 e. The number of halogens is 1. The predicted molar refractivity (Wildman–Crippen MR) is 78.0 cm³/mol. The molecule has 2 unspecified atom stereocenters. The van der Waals surface area contributed by atoms with E-state index in [9.17, 15) is 4.79 Å². The van der Waals surface area contributed by atoms with Crippen molar-refractivity contribution >= 4 is 21.8 Å². The van der Waals surface area contributed by atoms with Crippen molar-refractivity contribution < 1.29 is 4.79 Å². The Kier molecular flexibility index (Phi) is 4.44. The average molecular weight is 310 g/mol. The monoisotopic (exact) mass is 309 g/mol. The Hall–Kier alpha value is -0.830. The highest BCUT2D eigenvalue weighted by molar-refractivity contribution is 9.08. The number of carbonyl (C=O) groups is 1. The lowest BCUT2D eigenvalue weighted by atomic mass is 9.93. The van der Waals surface area contributed by atoms with Crippen LogP contribution in [0.25, 0.3) is 0 Å². The van der Waals surface area contributed by atoms with E-state index in [-0.39, 0.29) is 5.91 Å². The minimum Gasteiger partial charge on any atom is -0.336 e. The molecule has 2 rings (SSSR count). The van der Waals surface area contributed by atoms with Gasteiger partial charge in [0.2, 0.25) is 0 Å². The molecule has 0 radical (unpaired) electrons. The van der Waals surface area contributed by atoms with Crippen molar-refractivity contribution in [1.82, 2.24) is 4.90 Å². The third kappa shape index (κ3) is 2.94. The zero-order chi connectivity index (χ0) is 13.1. The van der Waals surface area contributed by atoms with E-state index in [0.29, 0.717) is 6.04 Å². The number of amides is 1. The van der Waals surface area contributed by atoms with Crippen LogP contribution in [0.2, 0.25) is 0 Å². The average Bonchev–Trinajstić information content (AvgIpc) is 2.38. The molecule has 2 atom stereocenters. The number of likely N-dealkylation sites (tertiary alicyclic amines) is 1. The zero-order valence-corrected chi connectivity index (χ0v) is 12.6. The van der Waals surface area contributed by atoms with E-state index in [1.54, 1.807) is 0 Å². The third-order valence-corrected chi connectivity index (χ3v) is 4.40. The Morgan fingerprint density at radius 2 is 2.00 bits per heavy atom. The minimum atomic E-state index is 0.176. The van der Waals surface area contributed by atoms with Gasteiger partial charge in [0.15, 0.2) is 0 Å². The Balaban J connectivity index is 2.10. The molecule has 1 amide bonds. The summed E-state index contributed by atoms with van der Waals surface area (Å²) in [6.07, 6.45) is 2.24. The Morgan fingerprint density at radius 3 is 2.56 bits per heavy atom. The number of hydrogen-bond donors (Lipinski definition) is 0. The van der Waals surface area contributed by atoms with Gasteiger partial charge >= 0.3 is 0 Å². The van der Waals surface area contributed by atoms with Crippen molar-refractivity contribution in [3.63, 3.8) is 0 Å². The third-order valence-electron chi connectivity index (χ3n) is 3.75. The highest BCUT2D eigenvalue weighted by Gasteiger charge is 2.27. The van der Waals surface area contributed by atoms with Crippen LogP contribution in [0.5, 0.6) is 0 Å². The smallest absolute Gasteiger partial charge is 0.254 e. The number of alkyl halides is 1. The number of benzene rings is 1. The fraction of sp³-hybridized carbons (Fsp3) is 0.533. The quantitative estimate of drug-likeness (QED) is 0.760.